The number of carbonyl (C=O) groups excluding carboxylic acids is 2. The number of carbonyl (C=O) groups is 2. The summed E-state index contributed by atoms with van der Waals surface area (Å²) in [6, 6.07) is 17.7. The Kier molecular flexibility index (Phi) is 5.46. The van der Waals surface area contributed by atoms with Crippen molar-refractivity contribution in [2.24, 2.45) is 34.5 Å². The zero-order valence-electron chi connectivity index (χ0n) is 23.2. The largest absolute Gasteiger partial charge is 0.465 e. The highest BCUT2D eigenvalue weighted by atomic mass is 79.9. The van der Waals surface area contributed by atoms with E-state index in [9.17, 15) is 24.4 Å². The van der Waals surface area contributed by atoms with Crippen molar-refractivity contribution < 1.29 is 14.3 Å². The Hall–Kier alpha value is -4.23. The number of halogens is 1. The first-order valence-corrected chi connectivity index (χ1v) is 15.4. The van der Waals surface area contributed by atoms with Crippen molar-refractivity contribution in [2.75, 3.05) is 6.61 Å². The molecule has 10 heteroatoms. The predicted octanol–water partition coefficient (Wildman–Crippen LogP) is 4.23. The second-order valence-electron chi connectivity index (χ2n) is 12.2. The number of aromatic nitrogens is 3. The average Bonchev–Trinajstić information content (AvgIpc) is 3.59. The third-order valence-corrected chi connectivity index (χ3v) is 11.2. The van der Waals surface area contributed by atoms with Crippen LogP contribution < -0.4 is 11.4 Å². The molecule has 4 aliphatic carbocycles. The van der Waals surface area contributed by atoms with Gasteiger partial charge >= 0.3 is 17.3 Å². The number of Topliss-reactive ketones (excluding diaryl/α,β-unsaturated/α-hetero) is 1. The van der Waals surface area contributed by atoms with Crippen LogP contribution in [-0.2, 0) is 14.3 Å². The summed E-state index contributed by atoms with van der Waals surface area (Å²) in [5.74, 6) is -1.79. The molecule has 6 aliphatic rings. The van der Waals surface area contributed by atoms with Gasteiger partial charge in [-0.25, -0.2) is 23.5 Å². The van der Waals surface area contributed by atoms with Crippen LogP contribution in [0.1, 0.15) is 37.4 Å². The number of nitrogens with zero attached hydrogens (tertiary/aromatic N) is 4. The molecule has 8 atom stereocenters. The van der Waals surface area contributed by atoms with Crippen LogP contribution in [0.2, 0.25) is 0 Å². The maximum Gasteiger partial charge on any atom is 0.352 e. The highest BCUT2D eigenvalue weighted by Gasteiger charge is 2.92. The van der Waals surface area contributed by atoms with Gasteiger partial charge in [0, 0.05) is 16.3 Å². The van der Waals surface area contributed by atoms with Gasteiger partial charge in [0.2, 0.25) is 0 Å². The zero-order valence-corrected chi connectivity index (χ0v) is 24.8. The summed E-state index contributed by atoms with van der Waals surface area (Å²) in [6.07, 6.45) is 6.21. The maximum atomic E-state index is 14.1. The average molecular weight is 640 g/mol. The minimum Gasteiger partial charge on any atom is -0.465 e. The van der Waals surface area contributed by atoms with E-state index in [0.29, 0.717) is 17.7 Å². The fourth-order valence-electron chi connectivity index (χ4n) is 9.40. The number of nitriles is 1. The third kappa shape index (κ3) is 3.06. The van der Waals surface area contributed by atoms with Gasteiger partial charge in [0.25, 0.3) is 0 Å². The normalized spacial score (nSPS) is 35.1. The molecule has 3 saturated carbocycles. The van der Waals surface area contributed by atoms with Crippen molar-refractivity contribution in [1.29, 1.82) is 5.26 Å². The van der Waals surface area contributed by atoms with Gasteiger partial charge in [-0.2, -0.15) is 5.26 Å². The number of esters is 1. The number of ketones is 1. The minimum absolute atomic E-state index is 0.0538. The van der Waals surface area contributed by atoms with Crippen LogP contribution in [0.3, 0.4) is 0 Å². The molecule has 0 radical (unpaired) electrons. The standard InChI is InChI=1S/C33H27BrN4O5/c1-2-43-29(40)32(17-35)23-16-25(39)19(14-18-8-10-20(34)11-9-18)15-22(23)27-28-24-12-13-26(33(27,28)32)38-31(42)36(30(41)37(24)38)21-6-4-3-5-7-21/h3-14,22-24,26-28H,2,15-16H2,1H3/b19-14+/t22-,23+,24+,26-,27+,28+,32+,33+/m1/s1. The lowest BCUT2D eigenvalue weighted by Crippen LogP contribution is -2.56. The van der Waals surface area contributed by atoms with Gasteiger partial charge in [0.15, 0.2) is 11.2 Å². The highest BCUT2D eigenvalue weighted by Crippen LogP contribution is 2.89. The molecule has 1 aromatic heterocycles. The van der Waals surface area contributed by atoms with Crippen LogP contribution in [0.25, 0.3) is 11.8 Å². The molecular weight excluding hydrogens is 612 g/mol. The van der Waals surface area contributed by atoms with Crippen LogP contribution in [0, 0.1) is 45.8 Å². The molecule has 3 aromatic rings. The summed E-state index contributed by atoms with van der Waals surface area (Å²) in [6.45, 7) is 1.79. The number of allylic oxidation sites excluding steroid dienone is 3. The molecule has 2 aliphatic heterocycles. The molecule has 0 N–H and O–H groups in total. The van der Waals surface area contributed by atoms with Crippen molar-refractivity contribution in [3.63, 3.8) is 0 Å². The number of ether oxygens (including phenoxy) is 1. The Morgan fingerprint density at radius 3 is 2.44 bits per heavy atom. The van der Waals surface area contributed by atoms with Gasteiger partial charge < -0.3 is 4.74 Å². The van der Waals surface area contributed by atoms with Crippen LogP contribution in [0.5, 0.6) is 0 Å². The first kappa shape index (κ1) is 26.4. The number of fused-ring (bicyclic) bond motifs is 2. The predicted molar refractivity (Wildman–Crippen MR) is 159 cm³/mol. The molecule has 0 amide bonds. The lowest BCUT2D eigenvalue weighted by atomic mass is 9.57. The molecule has 1 spiro atoms. The molecule has 3 fully saturated rings. The second-order valence-corrected chi connectivity index (χ2v) is 13.1. The van der Waals surface area contributed by atoms with Crippen LogP contribution in [-0.4, -0.2) is 32.3 Å². The Balaban J connectivity index is 1.30. The zero-order chi connectivity index (χ0) is 29.8. The molecule has 9 nitrogen and oxygen atoms in total. The van der Waals surface area contributed by atoms with E-state index < -0.39 is 46.2 Å². The van der Waals surface area contributed by atoms with E-state index in [4.69, 9.17) is 4.74 Å². The monoisotopic (exact) mass is 638 g/mol. The van der Waals surface area contributed by atoms with E-state index >= 15 is 0 Å². The summed E-state index contributed by atoms with van der Waals surface area (Å²) in [5.41, 5.74) is -1.52. The van der Waals surface area contributed by atoms with Crippen LogP contribution in [0.4, 0.5) is 0 Å². The SMILES string of the molecule is CCOC(=O)[C@]1(C#N)[C@H]2CC(=O)/C(=C/c3ccc(Br)cc3)C[C@H]2[C@H]2[C@@H]3[C@@H]4C=C[C@@H](n5c(=O)n(-c6ccccc6)c(=O)n54)[C@@]321. The first-order valence-electron chi connectivity index (χ1n) is 14.6. The van der Waals surface area contributed by atoms with Gasteiger partial charge in [0.05, 0.1) is 30.4 Å². The quantitative estimate of drug-likeness (QED) is 0.240. The van der Waals surface area contributed by atoms with E-state index in [1.807, 2.05) is 48.6 Å². The van der Waals surface area contributed by atoms with Crippen LogP contribution >= 0.6 is 15.9 Å². The Morgan fingerprint density at radius 2 is 1.74 bits per heavy atom. The van der Waals surface area contributed by atoms with Crippen molar-refractivity contribution in [3.8, 4) is 11.8 Å². The van der Waals surface area contributed by atoms with Crippen LogP contribution in [0.15, 0.2) is 86.4 Å². The third-order valence-electron chi connectivity index (χ3n) is 10.7. The maximum absolute atomic E-state index is 14.1. The summed E-state index contributed by atoms with van der Waals surface area (Å²) < 4.78 is 10.7. The van der Waals surface area contributed by atoms with E-state index in [0.717, 1.165) is 14.6 Å². The van der Waals surface area contributed by atoms with Crippen molar-refractivity contribution in [2.45, 2.75) is 31.8 Å². The number of rotatable bonds is 4. The Labute approximate surface area is 254 Å². The molecule has 2 bridgehead atoms. The van der Waals surface area contributed by atoms with Crippen molar-refractivity contribution in [3.05, 3.63) is 103 Å². The number of benzene rings is 2. The van der Waals surface area contributed by atoms with E-state index in [2.05, 4.69) is 22.0 Å². The van der Waals surface area contributed by atoms with Gasteiger partial charge in [-0.15, -0.1) is 0 Å². The second kappa shape index (κ2) is 8.89. The minimum atomic E-state index is -1.63. The molecule has 0 unspecified atom stereocenters. The number of hydrogen-bond donors (Lipinski definition) is 0. The molecule has 3 heterocycles. The van der Waals surface area contributed by atoms with Gasteiger partial charge in [0.1, 0.15) is 0 Å². The molecule has 43 heavy (non-hydrogen) atoms. The summed E-state index contributed by atoms with van der Waals surface area (Å²) in [4.78, 5) is 55.5. The fraction of sp³-hybridized carbons (Fsp3) is 0.364. The lowest BCUT2D eigenvalue weighted by Gasteiger charge is -2.48. The van der Waals surface area contributed by atoms with Gasteiger partial charge in [-0.1, -0.05) is 58.4 Å². The molecular formula is C33H27BrN4O5. The Bertz CT molecular complexity index is 1950. The Morgan fingerprint density at radius 1 is 1.02 bits per heavy atom. The number of para-hydroxylation sites is 1. The van der Waals surface area contributed by atoms with Crippen molar-refractivity contribution >= 4 is 33.8 Å². The fourth-order valence-corrected chi connectivity index (χ4v) is 9.67. The number of hydrogen-bond acceptors (Lipinski definition) is 6. The molecule has 2 aromatic carbocycles. The molecule has 216 valence electrons. The topological polar surface area (TPSA) is 116 Å². The van der Waals surface area contributed by atoms with Crippen molar-refractivity contribution in [1.82, 2.24) is 13.9 Å². The highest BCUT2D eigenvalue weighted by molar-refractivity contribution is 9.10. The van der Waals surface area contributed by atoms with Gasteiger partial charge in [-0.3, -0.25) is 9.59 Å². The van der Waals surface area contributed by atoms with E-state index in [1.165, 1.54) is 9.36 Å². The van der Waals surface area contributed by atoms with E-state index in [1.54, 1.807) is 31.2 Å². The summed E-state index contributed by atoms with van der Waals surface area (Å²) >= 11 is 3.45. The molecule has 9 rings (SSSR count). The van der Waals surface area contributed by atoms with E-state index in [-0.39, 0.29) is 36.6 Å². The smallest absolute Gasteiger partial charge is 0.352 e. The first-order chi connectivity index (χ1) is 20.8. The summed E-state index contributed by atoms with van der Waals surface area (Å²) in [5, 5.41) is 11.0. The van der Waals surface area contributed by atoms with Gasteiger partial charge in [-0.05, 0) is 78.5 Å². The molecule has 0 saturated heterocycles. The lowest BCUT2D eigenvalue weighted by molar-refractivity contribution is -0.162. The summed E-state index contributed by atoms with van der Waals surface area (Å²) in [7, 11) is 0.